The van der Waals surface area contributed by atoms with Gasteiger partial charge in [-0.3, -0.25) is 0 Å². The Bertz CT molecular complexity index is 4390. The van der Waals surface area contributed by atoms with E-state index in [1.54, 1.807) is 0 Å². The second kappa shape index (κ2) is 20.0. The number of aryl methyl sites for hydroxylation is 1. The van der Waals surface area contributed by atoms with Gasteiger partial charge in [0.25, 0.3) is 0 Å². The first-order valence-electron chi connectivity index (χ1n) is 32.7. The van der Waals surface area contributed by atoms with Crippen LogP contribution in [0.1, 0.15) is 173 Å². The second-order valence-corrected chi connectivity index (χ2v) is 29.4. The predicted octanol–water partition coefficient (Wildman–Crippen LogP) is 21.3. The fourth-order valence-corrected chi connectivity index (χ4v) is 16.3. The molecule has 87 heavy (non-hydrogen) atoms. The molecule has 6 heteroatoms. The van der Waals surface area contributed by atoms with Crippen LogP contribution < -0.4 is 30.3 Å². The van der Waals surface area contributed by atoms with E-state index in [9.17, 15) is 0 Å². The molecule has 5 aliphatic rings. The topological polar surface area (TPSA) is 32.1 Å². The van der Waals surface area contributed by atoms with E-state index in [1.165, 1.54) is 100.0 Å². The summed E-state index contributed by atoms with van der Waals surface area (Å²) in [5.74, 6) is 0.891. The Morgan fingerprint density at radius 1 is 0.483 bits per heavy atom. The molecular weight excluding hydrogens is 1060 g/mol. The fraction of sp³-hybridized carbons (Fsp3) is 0.333. The molecule has 0 unspecified atom stereocenters. The van der Waals surface area contributed by atoms with Crippen LogP contribution in [0.5, 0.6) is 5.75 Å². The summed E-state index contributed by atoms with van der Waals surface area (Å²) in [5.41, 5.74) is 28.7. The minimum Gasteiger partial charge on any atom is -0.494 e. The summed E-state index contributed by atoms with van der Waals surface area (Å²) >= 11 is 0. The Morgan fingerprint density at radius 2 is 1.09 bits per heavy atom. The van der Waals surface area contributed by atoms with Crippen LogP contribution in [0.15, 0.2) is 174 Å². The molecule has 0 amide bonds. The minimum absolute atomic E-state index is 0.0112. The van der Waals surface area contributed by atoms with Gasteiger partial charge < -0.3 is 23.8 Å². The zero-order valence-corrected chi connectivity index (χ0v) is 53.5. The molecular formula is C81H84BN3O2. The maximum absolute atomic E-state index is 7.35. The molecule has 3 aliphatic carbocycles. The lowest BCUT2D eigenvalue weighted by atomic mass is 9.42. The molecule has 0 saturated heterocycles. The van der Waals surface area contributed by atoms with Gasteiger partial charge in [-0.15, -0.1) is 0 Å². The Labute approximate surface area is 517 Å². The van der Waals surface area contributed by atoms with Gasteiger partial charge in [-0.1, -0.05) is 163 Å². The van der Waals surface area contributed by atoms with Crippen molar-refractivity contribution in [3.8, 4) is 28.0 Å². The largest absolute Gasteiger partial charge is 0.494 e. The van der Waals surface area contributed by atoms with Crippen LogP contribution in [0.2, 0.25) is 0 Å². The molecule has 15 rings (SSSR count). The van der Waals surface area contributed by atoms with Crippen LogP contribution in [0, 0.1) is 0 Å². The Hall–Kier alpha value is -7.96. The number of para-hydroxylation sites is 1. The quantitative estimate of drug-likeness (QED) is 0.0899. The number of nitrogens with zero attached hydrogens (tertiary/aromatic N) is 3. The molecule has 0 bridgehead atoms. The van der Waals surface area contributed by atoms with Crippen LogP contribution in [0.3, 0.4) is 0 Å². The summed E-state index contributed by atoms with van der Waals surface area (Å²) < 4.78 is 13.6. The average Bonchev–Trinajstić information content (AvgIpc) is 1.67. The Balaban J connectivity index is 1.06. The van der Waals surface area contributed by atoms with Crippen molar-refractivity contribution in [2.24, 2.45) is 0 Å². The lowest BCUT2D eigenvalue weighted by Gasteiger charge is -2.48. The normalized spacial score (nSPS) is 17.4. The maximum Gasteiger partial charge on any atom is 0.333 e. The Morgan fingerprint density at radius 3 is 1.80 bits per heavy atom. The van der Waals surface area contributed by atoms with Gasteiger partial charge in [0.05, 0.1) is 6.61 Å². The zero-order chi connectivity index (χ0) is 60.1. The lowest BCUT2D eigenvalue weighted by molar-refractivity contribution is 0.309. The highest BCUT2D eigenvalue weighted by molar-refractivity contribution is 6.93. The average molecular weight is 1140 g/mol. The van der Waals surface area contributed by atoms with Crippen molar-refractivity contribution in [3.63, 3.8) is 0 Å². The van der Waals surface area contributed by atoms with Gasteiger partial charge in [0, 0.05) is 73.3 Å². The van der Waals surface area contributed by atoms with Gasteiger partial charge in [0.15, 0.2) is 0 Å². The van der Waals surface area contributed by atoms with E-state index < -0.39 is 0 Å². The smallest absolute Gasteiger partial charge is 0.333 e. The summed E-state index contributed by atoms with van der Waals surface area (Å²) in [4.78, 5) is 7.81. The highest BCUT2D eigenvalue weighted by Gasteiger charge is 2.51. The van der Waals surface area contributed by atoms with Crippen molar-refractivity contribution < 1.29 is 9.15 Å². The molecule has 438 valence electrons. The number of furan rings is 1. The van der Waals surface area contributed by atoms with E-state index >= 15 is 0 Å². The van der Waals surface area contributed by atoms with E-state index in [-0.39, 0.29) is 33.9 Å². The second-order valence-electron chi connectivity index (χ2n) is 29.4. The molecule has 10 aromatic rings. The molecule has 0 radical (unpaired) electrons. The van der Waals surface area contributed by atoms with E-state index in [1.807, 2.05) is 0 Å². The molecule has 0 N–H and O–H groups in total. The third-order valence-electron chi connectivity index (χ3n) is 21.5. The first-order chi connectivity index (χ1) is 41.8. The molecule has 2 aliphatic heterocycles. The van der Waals surface area contributed by atoms with Crippen LogP contribution in [-0.2, 0) is 33.5 Å². The first kappa shape index (κ1) is 55.6. The molecule has 0 saturated carbocycles. The number of benzene rings is 9. The van der Waals surface area contributed by atoms with Gasteiger partial charge in [0.2, 0.25) is 0 Å². The van der Waals surface area contributed by atoms with Gasteiger partial charge in [-0.05, 0) is 230 Å². The summed E-state index contributed by atoms with van der Waals surface area (Å²) in [5, 5.41) is 2.39. The number of unbranched alkanes of at least 4 members (excludes halogenated alkanes) is 2. The predicted molar refractivity (Wildman–Crippen MR) is 369 cm³/mol. The van der Waals surface area contributed by atoms with Gasteiger partial charge in [0.1, 0.15) is 16.9 Å². The lowest BCUT2D eigenvalue weighted by Crippen LogP contribution is -2.62. The molecule has 0 fully saturated rings. The van der Waals surface area contributed by atoms with Crippen molar-refractivity contribution in [1.29, 1.82) is 0 Å². The van der Waals surface area contributed by atoms with Crippen molar-refractivity contribution >= 4 is 85.2 Å². The van der Waals surface area contributed by atoms with E-state index in [2.05, 4.69) is 268 Å². The van der Waals surface area contributed by atoms with Gasteiger partial charge in [-0.2, -0.15) is 0 Å². The summed E-state index contributed by atoms with van der Waals surface area (Å²) in [6.45, 7) is 29.5. The van der Waals surface area contributed by atoms with Gasteiger partial charge in [-0.25, -0.2) is 0 Å². The van der Waals surface area contributed by atoms with Crippen LogP contribution in [0.4, 0.5) is 45.5 Å². The number of fused-ring (bicyclic) bond motifs is 13. The van der Waals surface area contributed by atoms with Crippen molar-refractivity contribution in [2.45, 2.75) is 168 Å². The number of hydrogen-bond donors (Lipinski definition) is 0. The Kier molecular flexibility index (Phi) is 12.8. The number of hydrogen-bond acceptors (Lipinski definition) is 5. The molecule has 5 nitrogen and oxygen atoms in total. The van der Waals surface area contributed by atoms with Crippen LogP contribution in [-0.4, -0.2) is 13.5 Å². The third-order valence-corrected chi connectivity index (χ3v) is 21.5. The SMILES string of the molecule is CCCCOc1ccc(N(c2ccccc2)c2ccc3c(c2)N(c2ccc(CCCC)cc2)c2cc4c(c5c2B3N(c2ccc3c(c2)C(C)(C)CCC3(C)C)c2cc3oc6cc7c(cc6c3cc2-5)C(C)(C)CCC7(C)C)C(C)(C)c2ccccc2-4)cc1. The van der Waals surface area contributed by atoms with Crippen molar-refractivity contribution in [2.75, 3.05) is 21.2 Å². The van der Waals surface area contributed by atoms with E-state index in [0.29, 0.717) is 6.61 Å². The highest BCUT2D eigenvalue weighted by Crippen LogP contribution is 2.60. The summed E-state index contributed by atoms with van der Waals surface area (Å²) in [7, 11) is 0. The number of rotatable bonds is 12. The number of ether oxygens (including phenoxy) is 1. The van der Waals surface area contributed by atoms with Crippen LogP contribution in [0.25, 0.3) is 44.2 Å². The standard InChI is InChI=1S/C81H84BN3O2/c1-13-15-22-51-27-29-54(30-28-51)84-70-45-55(83(52-23-18-17-19-24-52)53-31-35-57(36-32-53)86-43-16-14-2)34-38-68(70)82-76-71(84)48-61-58-25-20-21-26-63(58)81(11,12)75(61)74(76)62-46-59-60-47-66-67(80(9,10)42-41-79(66,7)8)49-72(60)87-73(59)50-69(62)85(82)56-33-37-64-65(44-56)78(5,6)40-39-77(64,3)4/h17-21,23-38,44-50H,13-16,22,39-43H2,1-12H3. The monoisotopic (exact) mass is 1140 g/mol. The molecule has 1 aromatic heterocycles. The zero-order valence-electron chi connectivity index (χ0n) is 53.5. The molecule has 3 heterocycles. The number of anilines is 8. The van der Waals surface area contributed by atoms with Crippen molar-refractivity contribution in [1.82, 2.24) is 0 Å². The summed E-state index contributed by atoms with van der Waals surface area (Å²) in [6.07, 6.45) is 10.1. The third kappa shape index (κ3) is 8.68. The maximum atomic E-state index is 7.35. The molecule has 0 atom stereocenters. The van der Waals surface area contributed by atoms with E-state index in [4.69, 9.17) is 9.15 Å². The minimum atomic E-state index is -0.313. The molecule has 0 spiro atoms. The van der Waals surface area contributed by atoms with Crippen molar-refractivity contribution in [3.05, 3.63) is 209 Å². The van der Waals surface area contributed by atoms with E-state index in [0.717, 1.165) is 103 Å². The van der Waals surface area contributed by atoms with Crippen LogP contribution >= 0.6 is 0 Å². The molecule has 9 aromatic carbocycles. The first-order valence-corrected chi connectivity index (χ1v) is 32.7. The summed E-state index contributed by atoms with van der Waals surface area (Å²) in [6, 6.07) is 65.9. The fourth-order valence-electron chi connectivity index (χ4n) is 16.3. The van der Waals surface area contributed by atoms with Gasteiger partial charge >= 0.3 is 6.85 Å². The highest BCUT2D eigenvalue weighted by atomic mass is 16.5.